The van der Waals surface area contributed by atoms with E-state index < -0.39 is 5.97 Å². The van der Waals surface area contributed by atoms with Crippen LogP contribution < -0.4 is 0 Å². The largest absolute Gasteiger partial charge is 0.478 e. The van der Waals surface area contributed by atoms with Gasteiger partial charge in [0.2, 0.25) is 0 Å². The molecule has 2 unspecified atom stereocenters. The Bertz CT molecular complexity index is 1580. The summed E-state index contributed by atoms with van der Waals surface area (Å²) >= 11 is 24.6. The smallest absolute Gasteiger partial charge is 0.335 e. The third kappa shape index (κ3) is 15.0. The summed E-state index contributed by atoms with van der Waals surface area (Å²) in [7, 11) is 0. The van der Waals surface area contributed by atoms with Crippen molar-refractivity contribution in [1.82, 2.24) is 0 Å². The molecule has 0 aliphatic heterocycles. The fourth-order valence-corrected chi connectivity index (χ4v) is 8.80. The molecule has 3 aromatic rings. The molecule has 6 heteroatoms. The standard InChI is InChI=1S/C13H18O2.C12H14Cl4.C12H22.C12H18/c1-8(2)11-6-5-10(13(14)15)7-12(11)9(3)4;1-5(2)7-8(6(3)4)10(14)12(16)11(15)9(7)13;2*1-9(2)11-7-5-6-8-12(11)10(3)4/h5-9H,1-4H3,(H,14,15);5-6H,1-4H3;5-6,9-12H,7-8H2,1-4H3;5-10H,1-4H3. The predicted octanol–water partition coefficient (Wildman–Crippen LogP) is 18.0. The van der Waals surface area contributed by atoms with E-state index in [2.05, 4.69) is 147 Å². The minimum Gasteiger partial charge on any atom is -0.478 e. The van der Waals surface area contributed by atoms with E-state index >= 15 is 0 Å². The molecule has 1 aliphatic rings. The Kier molecular flexibility index (Phi) is 22.3. The van der Waals surface area contributed by atoms with Gasteiger partial charge in [-0.2, -0.15) is 0 Å². The van der Waals surface area contributed by atoms with Crippen molar-refractivity contribution < 1.29 is 9.90 Å². The number of halogens is 4. The third-order valence-electron chi connectivity index (χ3n) is 10.6. The predicted molar refractivity (Wildman–Crippen MR) is 246 cm³/mol. The van der Waals surface area contributed by atoms with Crippen molar-refractivity contribution in [2.45, 2.75) is 159 Å². The molecule has 0 bridgehead atoms. The number of allylic oxidation sites excluding steroid dienone is 2. The molecule has 0 saturated carbocycles. The first-order valence-electron chi connectivity index (χ1n) is 20.4. The number of benzene rings is 3. The van der Waals surface area contributed by atoms with Gasteiger partial charge >= 0.3 is 5.97 Å². The monoisotopic (exact) mass is 832 g/mol. The first kappa shape index (κ1) is 51.0. The van der Waals surface area contributed by atoms with Crippen LogP contribution in [0.25, 0.3) is 0 Å². The quantitative estimate of drug-likeness (QED) is 0.132. The maximum absolute atomic E-state index is 10.9. The Morgan fingerprint density at radius 1 is 0.491 bits per heavy atom. The Morgan fingerprint density at radius 2 is 0.818 bits per heavy atom. The fraction of sp³-hybridized carbons (Fsp3) is 0.571. The normalized spacial score (nSPS) is 15.4. The molecule has 1 aliphatic carbocycles. The van der Waals surface area contributed by atoms with Gasteiger partial charge in [-0.25, -0.2) is 4.79 Å². The van der Waals surface area contributed by atoms with Crippen molar-refractivity contribution in [3.8, 4) is 0 Å². The molecule has 1 N–H and O–H groups in total. The van der Waals surface area contributed by atoms with Crippen LogP contribution in [0.1, 0.15) is 203 Å². The molecule has 4 rings (SSSR count). The first-order chi connectivity index (χ1) is 25.5. The van der Waals surface area contributed by atoms with Gasteiger partial charge in [0.05, 0.1) is 25.7 Å². The SMILES string of the molecule is CC(C)C1CC=CCC1C(C)C.CC(C)c1c(Cl)c(Cl)c(Cl)c(Cl)c1C(C)C.CC(C)c1ccc(C(=O)O)cc1C(C)C.CC(C)c1ccccc1C(C)C. The maximum atomic E-state index is 10.9. The van der Waals surface area contributed by atoms with Gasteiger partial charge in [0.15, 0.2) is 0 Å². The third-order valence-corrected chi connectivity index (χ3v) is 12.4. The first-order valence-corrected chi connectivity index (χ1v) is 21.9. The number of carbonyl (C=O) groups is 1. The Labute approximate surface area is 356 Å². The number of aromatic carboxylic acids is 1. The van der Waals surface area contributed by atoms with Crippen LogP contribution in [0.15, 0.2) is 54.6 Å². The van der Waals surface area contributed by atoms with E-state index in [1.54, 1.807) is 12.1 Å². The Balaban J connectivity index is 0.000000369. The van der Waals surface area contributed by atoms with Crippen LogP contribution in [0.4, 0.5) is 0 Å². The molecule has 0 spiro atoms. The van der Waals surface area contributed by atoms with Gasteiger partial charge in [0.25, 0.3) is 0 Å². The van der Waals surface area contributed by atoms with Gasteiger partial charge in [-0.1, -0.05) is 200 Å². The van der Waals surface area contributed by atoms with E-state index in [0.717, 1.165) is 40.4 Å². The van der Waals surface area contributed by atoms with E-state index in [0.29, 0.717) is 49.3 Å². The molecule has 0 amide bonds. The highest BCUT2D eigenvalue weighted by Gasteiger charge is 2.27. The van der Waals surface area contributed by atoms with E-state index in [-0.39, 0.29) is 11.8 Å². The summed E-state index contributed by atoms with van der Waals surface area (Å²) in [5, 5.41) is 10.7. The second kappa shape index (κ2) is 24.1. The number of hydrogen-bond donors (Lipinski definition) is 1. The zero-order valence-corrected chi connectivity index (χ0v) is 39.8. The lowest BCUT2D eigenvalue weighted by Gasteiger charge is -2.34. The fourth-order valence-electron chi connectivity index (χ4n) is 7.48. The molecule has 0 fully saturated rings. The number of carboxylic acids is 1. The average Bonchev–Trinajstić information content (AvgIpc) is 3.12. The molecule has 3 aromatic carbocycles. The van der Waals surface area contributed by atoms with E-state index in [1.807, 2.05) is 6.07 Å². The minimum absolute atomic E-state index is 0.261. The van der Waals surface area contributed by atoms with Gasteiger partial charge in [-0.15, -0.1) is 0 Å². The average molecular weight is 835 g/mol. The van der Waals surface area contributed by atoms with Crippen molar-refractivity contribution in [3.05, 3.63) is 114 Å². The van der Waals surface area contributed by atoms with Crippen LogP contribution in [0.5, 0.6) is 0 Å². The molecule has 2 nitrogen and oxygen atoms in total. The zero-order chi connectivity index (χ0) is 42.5. The Morgan fingerprint density at radius 3 is 1.09 bits per heavy atom. The molecular formula is C49H72Cl4O2. The van der Waals surface area contributed by atoms with Gasteiger partial charge < -0.3 is 5.11 Å². The van der Waals surface area contributed by atoms with E-state index in [4.69, 9.17) is 51.5 Å². The van der Waals surface area contributed by atoms with Crippen LogP contribution in [0.2, 0.25) is 20.1 Å². The van der Waals surface area contributed by atoms with Crippen molar-refractivity contribution in [1.29, 1.82) is 0 Å². The highest BCUT2D eigenvalue weighted by Crippen LogP contribution is 2.46. The van der Waals surface area contributed by atoms with Crippen molar-refractivity contribution >= 4 is 52.4 Å². The highest BCUT2D eigenvalue weighted by molar-refractivity contribution is 6.52. The molecule has 0 saturated heterocycles. The van der Waals surface area contributed by atoms with Crippen LogP contribution in [0, 0.1) is 23.7 Å². The molecule has 2 atom stereocenters. The van der Waals surface area contributed by atoms with Gasteiger partial charge in [0, 0.05) is 0 Å². The zero-order valence-electron chi connectivity index (χ0n) is 36.8. The topological polar surface area (TPSA) is 37.3 Å². The summed E-state index contributed by atoms with van der Waals surface area (Å²) in [5.41, 5.74) is 7.75. The summed E-state index contributed by atoms with van der Waals surface area (Å²) in [6.45, 7) is 35.1. The van der Waals surface area contributed by atoms with Gasteiger partial charge in [0.1, 0.15) is 0 Å². The molecule has 55 heavy (non-hydrogen) atoms. The van der Waals surface area contributed by atoms with Gasteiger partial charge in [-0.05, 0) is 118 Å². The van der Waals surface area contributed by atoms with Gasteiger partial charge in [-0.3, -0.25) is 0 Å². The lowest BCUT2D eigenvalue weighted by atomic mass is 9.71. The molecular weight excluding hydrogens is 762 g/mol. The summed E-state index contributed by atoms with van der Waals surface area (Å²) < 4.78 is 0. The van der Waals surface area contributed by atoms with Crippen molar-refractivity contribution in [3.63, 3.8) is 0 Å². The molecule has 0 heterocycles. The van der Waals surface area contributed by atoms with Crippen LogP contribution in [-0.4, -0.2) is 11.1 Å². The Hall–Kier alpha value is -1.97. The number of carboxylic acid groups (broad SMARTS) is 1. The van der Waals surface area contributed by atoms with E-state index in [9.17, 15) is 4.79 Å². The molecule has 0 aromatic heterocycles. The summed E-state index contributed by atoms with van der Waals surface area (Å²) in [4.78, 5) is 10.9. The molecule has 0 radical (unpaired) electrons. The van der Waals surface area contributed by atoms with Crippen molar-refractivity contribution in [2.24, 2.45) is 23.7 Å². The number of rotatable bonds is 9. The summed E-state index contributed by atoms with van der Waals surface area (Å²) in [6, 6.07) is 14.1. The van der Waals surface area contributed by atoms with Crippen molar-refractivity contribution in [2.75, 3.05) is 0 Å². The second-order valence-corrected chi connectivity index (χ2v) is 19.1. The molecule has 308 valence electrons. The lowest BCUT2D eigenvalue weighted by Crippen LogP contribution is -2.25. The maximum Gasteiger partial charge on any atom is 0.335 e. The summed E-state index contributed by atoms with van der Waals surface area (Å²) in [5.74, 6) is 5.30. The summed E-state index contributed by atoms with van der Waals surface area (Å²) in [6.07, 6.45) is 7.34. The van der Waals surface area contributed by atoms with Crippen LogP contribution in [-0.2, 0) is 0 Å². The lowest BCUT2D eigenvalue weighted by molar-refractivity contribution is 0.0696. The minimum atomic E-state index is -0.854. The second-order valence-electron chi connectivity index (χ2n) is 17.5. The number of hydrogen-bond acceptors (Lipinski definition) is 1. The van der Waals surface area contributed by atoms with Crippen LogP contribution >= 0.6 is 46.4 Å². The van der Waals surface area contributed by atoms with Crippen LogP contribution in [0.3, 0.4) is 0 Å². The van der Waals surface area contributed by atoms with E-state index in [1.165, 1.54) is 29.5 Å². The highest BCUT2D eigenvalue weighted by atomic mass is 35.5.